The van der Waals surface area contributed by atoms with E-state index in [1.54, 1.807) is 0 Å². The lowest BCUT2D eigenvalue weighted by atomic mass is 10.3. The summed E-state index contributed by atoms with van der Waals surface area (Å²) in [6.45, 7) is 1.00. The maximum Gasteiger partial charge on any atom is 0.390 e. The Morgan fingerprint density at radius 1 is 1.50 bits per heavy atom. The number of ether oxygens (including phenoxy) is 1. The molecular formula is C8H14ClF3N2O2. The molecule has 8 heteroatoms. The van der Waals surface area contributed by atoms with E-state index < -0.39 is 31.2 Å². The zero-order chi connectivity index (χ0) is 11.3. The lowest BCUT2D eigenvalue weighted by molar-refractivity contribution is -0.140. The lowest BCUT2D eigenvalue weighted by Gasteiger charge is -2.22. The summed E-state index contributed by atoms with van der Waals surface area (Å²) < 4.78 is 40.3. The van der Waals surface area contributed by atoms with E-state index >= 15 is 0 Å². The Bertz CT molecular complexity index is 220. The average molecular weight is 263 g/mol. The van der Waals surface area contributed by atoms with Crippen molar-refractivity contribution in [2.24, 2.45) is 0 Å². The monoisotopic (exact) mass is 262 g/mol. The highest BCUT2D eigenvalue weighted by Gasteiger charge is 2.28. The fraction of sp³-hybridized carbons (Fsp3) is 0.875. The van der Waals surface area contributed by atoms with Crippen LogP contribution in [0.3, 0.4) is 0 Å². The van der Waals surface area contributed by atoms with E-state index in [9.17, 15) is 18.0 Å². The average Bonchev–Trinajstić information content (AvgIpc) is 2.17. The predicted molar refractivity (Wildman–Crippen MR) is 53.5 cm³/mol. The molecule has 0 aromatic heterocycles. The molecule has 1 fully saturated rings. The Labute approximate surface area is 97.3 Å². The van der Waals surface area contributed by atoms with Gasteiger partial charge in [0.2, 0.25) is 5.91 Å². The molecule has 1 atom stereocenters. The Hall–Kier alpha value is -0.530. The summed E-state index contributed by atoms with van der Waals surface area (Å²) in [7, 11) is 0. The third kappa shape index (κ3) is 6.14. The number of hydrogen-bond acceptors (Lipinski definition) is 3. The third-order valence-corrected chi connectivity index (χ3v) is 1.93. The second kappa shape index (κ2) is 6.93. The van der Waals surface area contributed by atoms with Crippen LogP contribution >= 0.6 is 12.4 Å². The highest BCUT2D eigenvalue weighted by Crippen LogP contribution is 2.18. The number of nitrogens with one attached hydrogen (secondary N) is 2. The normalized spacial score (nSPS) is 21.1. The summed E-state index contributed by atoms with van der Waals surface area (Å²) in [6, 6.07) is 0. The van der Waals surface area contributed by atoms with Gasteiger partial charge in [-0.25, -0.2) is 0 Å². The minimum absolute atomic E-state index is 0. The van der Waals surface area contributed by atoms with E-state index in [1.807, 2.05) is 0 Å². The van der Waals surface area contributed by atoms with Crippen molar-refractivity contribution in [2.75, 3.05) is 26.2 Å². The van der Waals surface area contributed by atoms with Gasteiger partial charge in [-0.2, -0.15) is 13.2 Å². The van der Waals surface area contributed by atoms with Crippen LogP contribution in [0.2, 0.25) is 0 Å². The summed E-state index contributed by atoms with van der Waals surface area (Å²) in [6.07, 6.45) is -5.93. The van der Waals surface area contributed by atoms with E-state index in [1.165, 1.54) is 0 Å². The molecule has 0 aromatic carbocycles. The zero-order valence-corrected chi connectivity index (χ0v) is 9.29. The molecule has 1 aliphatic rings. The molecule has 4 nitrogen and oxygen atoms in total. The van der Waals surface area contributed by atoms with Crippen LogP contribution in [0.25, 0.3) is 0 Å². The van der Waals surface area contributed by atoms with Crippen LogP contribution in [0.1, 0.15) is 6.42 Å². The maximum atomic E-state index is 11.8. The van der Waals surface area contributed by atoms with Crippen molar-refractivity contribution < 1.29 is 22.7 Å². The molecule has 2 N–H and O–H groups in total. The smallest absolute Gasteiger partial charge is 0.366 e. The van der Waals surface area contributed by atoms with Crippen molar-refractivity contribution in [1.82, 2.24) is 10.6 Å². The predicted octanol–water partition coefficient (Wildman–Crippen LogP) is 0.465. The molecule has 0 spiro atoms. The molecule has 0 radical (unpaired) electrons. The van der Waals surface area contributed by atoms with Crippen LogP contribution in [0, 0.1) is 0 Å². The molecule has 96 valence electrons. The summed E-state index contributed by atoms with van der Waals surface area (Å²) in [5.41, 5.74) is 0. The standard InChI is InChI=1S/C8H13F3N2O2.ClH/c9-8(10,11)1-2-13-7(14)6-5-12-3-4-15-6;/h6,12H,1-5H2,(H,13,14);1H/t6-;/m0./s1. The maximum absolute atomic E-state index is 11.8. The second-order valence-electron chi connectivity index (χ2n) is 3.22. The van der Waals surface area contributed by atoms with E-state index in [2.05, 4.69) is 10.6 Å². The second-order valence-corrected chi connectivity index (χ2v) is 3.22. The van der Waals surface area contributed by atoms with Gasteiger partial charge in [0.25, 0.3) is 0 Å². The van der Waals surface area contributed by atoms with Crippen LogP contribution in [0.4, 0.5) is 13.2 Å². The summed E-state index contributed by atoms with van der Waals surface area (Å²) in [5.74, 6) is -0.494. The van der Waals surface area contributed by atoms with Gasteiger partial charge >= 0.3 is 6.18 Å². The summed E-state index contributed by atoms with van der Waals surface area (Å²) in [5, 5.41) is 5.10. The van der Waals surface area contributed by atoms with Gasteiger partial charge < -0.3 is 15.4 Å². The van der Waals surface area contributed by atoms with Crippen LogP contribution in [0.15, 0.2) is 0 Å². The highest BCUT2D eigenvalue weighted by atomic mass is 35.5. The van der Waals surface area contributed by atoms with Gasteiger partial charge in [-0.15, -0.1) is 12.4 Å². The van der Waals surface area contributed by atoms with Gasteiger partial charge in [0.1, 0.15) is 6.10 Å². The number of rotatable bonds is 3. The topological polar surface area (TPSA) is 50.4 Å². The van der Waals surface area contributed by atoms with Crippen molar-refractivity contribution in [2.45, 2.75) is 18.7 Å². The lowest BCUT2D eigenvalue weighted by Crippen LogP contribution is -2.48. The molecule has 0 aliphatic carbocycles. The number of hydrogen-bond donors (Lipinski definition) is 2. The molecule has 0 saturated carbocycles. The van der Waals surface area contributed by atoms with Gasteiger partial charge in [0, 0.05) is 19.6 Å². The molecule has 0 aromatic rings. The van der Waals surface area contributed by atoms with E-state index in [0.717, 1.165) is 0 Å². The first-order valence-corrected chi connectivity index (χ1v) is 4.66. The number of amides is 1. The largest absolute Gasteiger partial charge is 0.390 e. The molecule has 1 saturated heterocycles. The Morgan fingerprint density at radius 3 is 2.69 bits per heavy atom. The van der Waals surface area contributed by atoms with Crippen LogP contribution in [0.5, 0.6) is 0 Å². The van der Waals surface area contributed by atoms with Crippen LogP contribution in [-0.4, -0.2) is 44.4 Å². The van der Waals surface area contributed by atoms with Gasteiger partial charge in [0.15, 0.2) is 0 Å². The van der Waals surface area contributed by atoms with Crippen LogP contribution < -0.4 is 10.6 Å². The van der Waals surface area contributed by atoms with E-state index in [0.29, 0.717) is 19.7 Å². The minimum Gasteiger partial charge on any atom is -0.366 e. The van der Waals surface area contributed by atoms with Crippen LogP contribution in [-0.2, 0) is 9.53 Å². The SMILES string of the molecule is Cl.O=C(NCCC(F)(F)F)[C@@H]1CNCCO1. The fourth-order valence-corrected chi connectivity index (χ4v) is 1.18. The number of halogens is 4. The zero-order valence-electron chi connectivity index (χ0n) is 8.47. The van der Waals surface area contributed by atoms with Crippen molar-refractivity contribution in [3.63, 3.8) is 0 Å². The van der Waals surface area contributed by atoms with E-state index in [4.69, 9.17) is 4.74 Å². The molecule has 1 amide bonds. The summed E-state index contributed by atoms with van der Waals surface area (Å²) in [4.78, 5) is 11.2. The van der Waals surface area contributed by atoms with Gasteiger partial charge in [-0.3, -0.25) is 4.79 Å². The van der Waals surface area contributed by atoms with Gasteiger partial charge in [0.05, 0.1) is 13.0 Å². The molecule has 0 bridgehead atoms. The van der Waals surface area contributed by atoms with Gasteiger partial charge in [-0.1, -0.05) is 0 Å². The van der Waals surface area contributed by atoms with Crippen molar-refractivity contribution >= 4 is 18.3 Å². The molecule has 1 aliphatic heterocycles. The first-order valence-electron chi connectivity index (χ1n) is 4.66. The highest BCUT2D eigenvalue weighted by molar-refractivity contribution is 5.85. The number of carbonyl (C=O) groups is 1. The summed E-state index contributed by atoms with van der Waals surface area (Å²) >= 11 is 0. The quantitative estimate of drug-likeness (QED) is 0.777. The Balaban J connectivity index is 0.00000225. The fourth-order valence-electron chi connectivity index (χ4n) is 1.18. The third-order valence-electron chi connectivity index (χ3n) is 1.93. The molecule has 1 rings (SSSR count). The molecule has 0 unspecified atom stereocenters. The van der Waals surface area contributed by atoms with Crippen molar-refractivity contribution in [1.29, 1.82) is 0 Å². The number of alkyl halides is 3. The van der Waals surface area contributed by atoms with Gasteiger partial charge in [-0.05, 0) is 0 Å². The van der Waals surface area contributed by atoms with Crippen molar-refractivity contribution in [3.05, 3.63) is 0 Å². The number of morpholine rings is 1. The molecule has 16 heavy (non-hydrogen) atoms. The molecule has 1 heterocycles. The first kappa shape index (κ1) is 15.5. The van der Waals surface area contributed by atoms with Crippen molar-refractivity contribution in [3.8, 4) is 0 Å². The van der Waals surface area contributed by atoms with E-state index in [-0.39, 0.29) is 12.4 Å². The Morgan fingerprint density at radius 2 is 2.19 bits per heavy atom. The molecular weight excluding hydrogens is 249 g/mol. The minimum atomic E-state index is -4.24. The Kier molecular flexibility index (Phi) is 6.70. The number of carbonyl (C=O) groups excluding carboxylic acids is 1. The first-order chi connectivity index (χ1) is 6.99.